The number of amides is 1. The summed E-state index contributed by atoms with van der Waals surface area (Å²) in [4.78, 5) is 12.2. The molecule has 2 aromatic heterocycles. The molecular formula is C17H20N6O. The van der Waals surface area contributed by atoms with Crippen LogP contribution in [0.15, 0.2) is 48.8 Å². The Morgan fingerprint density at radius 2 is 2.04 bits per heavy atom. The smallest absolute Gasteiger partial charge is 0.247 e. The van der Waals surface area contributed by atoms with Crippen molar-refractivity contribution in [3.05, 3.63) is 48.8 Å². The molecule has 7 heteroatoms. The lowest BCUT2D eigenvalue weighted by molar-refractivity contribution is -0.117. The summed E-state index contributed by atoms with van der Waals surface area (Å²) in [6.45, 7) is 4.25. The second-order valence-corrected chi connectivity index (χ2v) is 5.63. The highest BCUT2D eigenvalue weighted by Gasteiger charge is 2.12. The number of benzene rings is 1. The van der Waals surface area contributed by atoms with Gasteiger partial charge in [-0.3, -0.25) is 4.79 Å². The first kappa shape index (κ1) is 15.9. The number of anilines is 1. The van der Waals surface area contributed by atoms with Gasteiger partial charge in [0.2, 0.25) is 5.91 Å². The number of nitrogens with one attached hydrogen (secondary N) is 1. The number of hydrogen-bond donors (Lipinski definition) is 1. The molecule has 0 aliphatic carbocycles. The van der Waals surface area contributed by atoms with Crippen molar-refractivity contribution in [1.29, 1.82) is 0 Å². The summed E-state index contributed by atoms with van der Waals surface area (Å²) < 4.78 is 3.34. The molecule has 0 aliphatic rings. The summed E-state index contributed by atoms with van der Waals surface area (Å²) in [6, 6.07) is 11.8. The van der Waals surface area contributed by atoms with Crippen LogP contribution in [0.1, 0.15) is 26.3 Å². The lowest BCUT2D eigenvalue weighted by atomic mass is 10.2. The lowest BCUT2D eigenvalue weighted by Gasteiger charge is -2.14. The summed E-state index contributed by atoms with van der Waals surface area (Å²) in [5, 5.41) is 15.3. The van der Waals surface area contributed by atoms with Gasteiger partial charge in [-0.25, -0.2) is 9.36 Å². The average molecular weight is 324 g/mol. The van der Waals surface area contributed by atoms with Gasteiger partial charge in [0.1, 0.15) is 18.1 Å². The molecule has 1 N–H and O–H groups in total. The molecule has 0 fully saturated rings. The predicted octanol–water partition coefficient (Wildman–Crippen LogP) is 2.75. The Bertz CT molecular complexity index is 807. The fourth-order valence-electron chi connectivity index (χ4n) is 2.38. The van der Waals surface area contributed by atoms with Crippen molar-refractivity contribution in [3.8, 4) is 11.3 Å². The van der Waals surface area contributed by atoms with Crippen LogP contribution >= 0.6 is 0 Å². The molecule has 0 saturated carbocycles. The maximum atomic E-state index is 12.2. The highest BCUT2D eigenvalue weighted by atomic mass is 16.2. The van der Waals surface area contributed by atoms with Crippen molar-refractivity contribution in [2.75, 3.05) is 5.32 Å². The zero-order valence-electron chi connectivity index (χ0n) is 13.8. The van der Waals surface area contributed by atoms with Crippen molar-refractivity contribution in [1.82, 2.24) is 24.8 Å². The summed E-state index contributed by atoms with van der Waals surface area (Å²) in [5.74, 6) is 0.530. The number of carbonyl (C=O) groups excluding carboxylic acids is 1. The summed E-state index contributed by atoms with van der Waals surface area (Å²) in [5.41, 5.74) is 1.71. The molecule has 0 saturated heterocycles. The predicted molar refractivity (Wildman–Crippen MR) is 91.3 cm³/mol. The van der Waals surface area contributed by atoms with Gasteiger partial charge in [0, 0.05) is 11.6 Å². The van der Waals surface area contributed by atoms with E-state index in [1.165, 1.54) is 4.68 Å². The highest BCUT2D eigenvalue weighted by molar-refractivity contribution is 5.89. The van der Waals surface area contributed by atoms with Crippen molar-refractivity contribution in [2.24, 2.45) is 0 Å². The number of nitrogens with zero attached hydrogens (tertiary/aromatic N) is 5. The number of aromatic nitrogens is 5. The third-order valence-electron chi connectivity index (χ3n) is 3.86. The molecule has 0 bridgehead atoms. The molecule has 0 radical (unpaired) electrons. The third kappa shape index (κ3) is 3.51. The van der Waals surface area contributed by atoms with Gasteiger partial charge < -0.3 is 5.32 Å². The Hall–Kier alpha value is -2.96. The topological polar surface area (TPSA) is 77.6 Å². The second kappa shape index (κ2) is 7.08. The van der Waals surface area contributed by atoms with Crippen molar-refractivity contribution in [2.45, 2.75) is 32.9 Å². The van der Waals surface area contributed by atoms with Gasteiger partial charge in [-0.1, -0.05) is 42.5 Å². The molecule has 0 spiro atoms. The van der Waals surface area contributed by atoms with Gasteiger partial charge in [0.05, 0.1) is 18.4 Å². The Labute approximate surface area is 140 Å². The average Bonchev–Trinajstić information content (AvgIpc) is 3.24. The highest BCUT2D eigenvalue weighted by Crippen LogP contribution is 2.17. The lowest BCUT2D eigenvalue weighted by Crippen LogP contribution is -2.22. The van der Waals surface area contributed by atoms with Crippen LogP contribution < -0.4 is 5.32 Å². The Balaban J connectivity index is 1.66. The molecule has 7 nitrogen and oxygen atoms in total. The van der Waals surface area contributed by atoms with E-state index in [0.29, 0.717) is 5.82 Å². The largest absolute Gasteiger partial charge is 0.309 e. The number of rotatable bonds is 6. The van der Waals surface area contributed by atoms with Gasteiger partial charge in [0.25, 0.3) is 0 Å². The SMILES string of the molecule is CC[C@H](C)n1nccc1NC(=O)Cn1cc(-c2ccccc2)nn1. The quantitative estimate of drug-likeness (QED) is 0.756. The molecule has 1 amide bonds. The van der Waals surface area contributed by atoms with E-state index in [0.717, 1.165) is 17.7 Å². The van der Waals surface area contributed by atoms with Gasteiger partial charge in [-0.05, 0) is 13.3 Å². The van der Waals surface area contributed by atoms with E-state index < -0.39 is 0 Å². The fourth-order valence-corrected chi connectivity index (χ4v) is 2.38. The maximum absolute atomic E-state index is 12.2. The minimum atomic E-state index is -0.162. The standard InChI is InChI=1S/C17H20N6O/c1-3-13(2)23-16(9-10-18-23)19-17(24)12-22-11-15(20-21-22)14-7-5-4-6-8-14/h4-11,13H,3,12H2,1-2H3,(H,19,24)/t13-/m0/s1. The van der Waals surface area contributed by atoms with Crippen LogP contribution in [0.5, 0.6) is 0 Å². The van der Waals surface area contributed by atoms with Crippen LogP contribution in [0.3, 0.4) is 0 Å². The van der Waals surface area contributed by atoms with Crippen LogP contribution in [0.4, 0.5) is 5.82 Å². The zero-order valence-corrected chi connectivity index (χ0v) is 13.8. The normalized spacial score (nSPS) is 12.1. The van der Waals surface area contributed by atoms with Gasteiger partial charge in [-0.15, -0.1) is 5.10 Å². The first-order valence-corrected chi connectivity index (χ1v) is 7.96. The molecule has 2 heterocycles. The first-order chi connectivity index (χ1) is 11.7. The Morgan fingerprint density at radius 1 is 1.25 bits per heavy atom. The Kier molecular flexibility index (Phi) is 4.69. The van der Waals surface area contributed by atoms with Gasteiger partial charge in [-0.2, -0.15) is 5.10 Å². The molecule has 0 unspecified atom stereocenters. The summed E-state index contributed by atoms with van der Waals surface area (Å²) in [6.07, 6.45) is 4.39. The molecule has 3 aromatic rings. The van der Waals surface area contributed by atoms with Crippen molar-refractivity contribution < 1.29 is 4.79 Å². The van der Waals surface area contributed by atoms with E-state index in [4.69, 9.17) is 0 Å². The van der Waals surface area contributed by atoms with E-state index in [1.807, 2.05) is 35.0 Å². The van der Waals surface area contributed by atoms with Crippen molar-refractivity contribution in [3.63, 3.8) is 0 Å². The maximum Gasteiger partial charge on any atom is 0.247 e. The third-order valence-corrected chi connectivity index (χ3v) is 3.86. The van der Waals surface area contributed by atoms with E-state index in [2.05, 4.69) is 34.6 Å². The molecule has 3 rings (SSSR count). The monoisotopic (exact) mass is 324 g/mol. The molecule has 124 valence electrons. The van der Waals surface area contributed by atoms with E-state index in [1.54, 1.807) is 18.5 Å². The first-order valence-electron chi connectivity index (χ1n) is 7.96. The van der Waals surface area contributed by atoms with E-state index >= 15 is 0 Å². The van der Waals surface area contributed by atoms with Crippen LogP contribution in [0.2, 0.25) is 0 Å². The molecule has 1 aromatic carbocycles. The molecule has 0 aliphatic heterocycles. The summed E-state index contributed by atoms with van der Waals surface area (Å²) in [7, 11) is 0. The van der Waals surface area contributed by atoms with E-state index in [-0.39, 0.29) is 18.5 Å². The second-order valence-electron chi connectivity index (χ2n) is 5.63. The van der Waals surface area contributed by atoms with Crippen LogP contribution in [-0.4, -0.2) is 30.7 Å². The van der Waals surface area contributed by atoms with Gasteiger partial charge in [0.15, 0.2) is 0 Å². The van der Waals surface area contributed by atoms with Crippen LogP contribution in [-0.2, 0) is 11.3 Å². The van der Waals surface area contributed by atoms with E-state index in [9.17, 15) is 4.79 Å². The molecule has 1 atom stereocenters. The van der Waals surface area contributed by atoms with Crippen LogP contribution in [0.25, 0.3) is 11.3 Å². The summed E-state index contributed by atoms with van der Waals surface area (Å²) >= 11 is 0. The van der Waals surface area contributed by atoms with Crippen molar-refractivity contribution >= 4 is 11.7 Å². The molecule has 24 heavy (non-hydrogen) atoms. The number of hydrogen-bond acceptors (Lipinski definition) is 4. The Morgan fingerprint density at radius 3 is 2.79 bits per heavy atom. The zero-order chi connectivity index (χ0) is 16.9. The minimum Gasteiger partial charge on any atom is -0.309 e. The van der Waals surface area contributed by atoms with Crippen LogP contribution in [0, 0.1) is 0 Å². The molecular weight excluding hydrogens is 304 g/mol. The number of carbonyl (C=O) groups is 1. The fraction of sp³-hybridized carbons (Fsp3) is 0.294. The minimum absolute atomic E-state index is 0.103. The van der Waals surface area contributed by atoms with Gasteiger partial charge >= 0.3 is 0 Å².